The van der Waals surface area contributed by atoms with Crippen molar-refractivity contribution in [1.82, 2.24) is 15.3 Å². The summed E-state index contributed by atoms with van der Waals surface area (Å²) < 4.78 is 41.2. The van der Waals surface area contributed by atoms with Crippen molar-refractivity contribution in [2.45, 2.75) is 32.5 Å². The Morgan fingerprint density at radius 3 is 2.48 bits per heavy atom. The van der Waals surface area contributed by atoms with Gasteiger partial charge < -0.3 is 20.2 Å². The Morgan fingerprint density at radius 2 is 1.90 bits per heavy atom. The fourth-order valence-electron chi connectivity index (χ4n) is 2.00. The number of hydrogen-bond donors (Lipinski definition) is 2. The number of alkyl halides is 3. The van der Waals surface area contributed by atoms with E-state index in [0.717, 1.165) is 6.29 Å². The van der Waals surface area contributed by atoms with E-state index < -0.39 is 18.8 Å². The van der Waals surface area contributed by atoms with Gasteiger partial charge in [0.15, 0.2) is 6.61 Å². The van der Waals surface area contributed by atoms with Gasteiger partial charge in [0.25, 0.3) is 5.91 Å². The zero-order valence-electron chi connectivity index (χ0n) is 16.3. The fraction of sp³-hybridized carbons (Fsp3) is 0.368. The quantitative estimate of drug-likeness (QED) is 0.676. The van der Waals surface area contributed by atoms with Crippen molar-refractivity contribution in [1.29, 1.82) is 0 Å². The van der Waals surface area contributed by atoms with Crippen LogP contribution in [0.4, 0.5) is 19.0 Å². The molecule has 1 amide bonds. The van der Waals surface area contributed by atoms with E-state index >= 15 is 0 Å². The molecule has 0 radical (unpaired) electrons. The molecule has 1 unspecified atom stereocenters. The molecular formula is C19H23F3N4O3. The molecule has 2 aromatic heterocycles. The van der Waals surface area contributed by atoms with Crippen LogP contribution in [0, 0.1) is 0 Å². The molecule has 0 fully saturated rings. The second-order valence-electron chi connectivity index (χ2n) is 5.78. The van der Waals surface area contributed by atoms with Gasteiger partial charge in [-0.25, -0.2) is 9.97 Å². The molecule has 158 valence electrons. The summed E-state index contributed by atoms with van der Waals surface area (Å²) in [5.74, 6) is 0.0605. The lowest BCUT2D eigenvalue weighted by molar-refractivity contribution is -0.154. The topological polar surface area (TPSA) is 93.2 Å². The lowest BCUT2D eigenvalue weighted by Crippen LogP contribution is -2.27. The molecule has 0 bridgehead atoms. The normalized spacial score (nSPS) is 11.5. The number of carbonyl (C=O) groups excluding carboxylic acids is 2. The number of rotatable bonds is 7. The van der Waals surface area contributed by atoms with Crippen molar-refractivity contribution >= 4 is 18.0 Å². The average Bonchev–Trinajstić information content (AvgIpc) is 2.72. The number of halogens is 3. The van der Waals surface area contributed by atoms with Gasteiger partial charge in [0.05, 0.1) is 6.04 Å². The van der Waals surface area contributed by atoms with Crippen LogP contribution in [0.15, 0.2) is 36.7 Å². The molecule has 0 aliphatic rings. The fourth-order valence-corrected chi connectivity index (χ4v) is 2.00. The van der Waals surface area contributed by atoms with Gasteiger partial charge in [0, 0.05) is 37.5 Å². The summed E-state index contributed by atoms with van der Waals surface area (Å²) in [6.45, 7) is 2.10. The van der Waals surface area contributed by atoms with Crippen LogP contribution >= 0.6 is 0 Å². The summed E-state index contributed by atoms with van der Waals surface area (Å²) in [7, 11) is 1.69. The largest absolute Gasteiger partial charge is 0.468 e. The van der Waals surface area contributed by atoms with Crippen LogP contribution < -0.4 is 15.4 Å². The molecule has 2 heterocycles. The molecule has 7 nitrogen and oxygen atoms in total. The molecule has 0 saturated carbocycles. The van der Waals surface area contributed by atoms with Crippen molar-refractivity contribution in [3.8, 4) is 5.88 Å². The molecule has 0 aliphatic heterocycles. The molecule has 0 aliphatic carbocycles. The Morgan fingerprint density at radius 1 is 1.24 bits per heavy atom. The summed E-state index contributed by atoms with van der Waals surface area (Å²) in [6, 6.07) is 5.66. The maximum atomic E-state index is 12.3. The van der Waals surface area contributed by atoms with E-state index in [1.807, 2.05) is 6.92 Å². The van der Waals surface area contributed by atoms with E-state index in [4.69, 9.17) is 0 Å². The summed E-state index contributed by atoms with van der Waals surface area (Å²) in [6.07, 6.45) is -0.0972. The first kappa shape index (κ1) is 23.9. The number of nitrogens with zero attached hydrogens (tertiary/aromatic N) is 2. The van der Waals surface area contributed by atoms with Crippen LogP contribution in [-0.2, 0) is 4.79 Å². The van der Waals surface area contributed by atoms with E-state index in [2.05, 4.69) is 25.3 Å². The number of anilines is 1. The Hall–Kier alpha value is -3.17. The molecular weight excluding hydrogens is 389 g/mol. The number of aldehydes is 1. The number of nitrogens with one attached hydrogen (secondary N) is 2. The SMILES string of the molecule is CCC=O.CNc1cc(C(=O)NC(C)c2ccnc(OCC(F)(F)F)c2)ccn1. The molecule has 29 heavy (non-hydrogen) atoms. The molecule has 0 saturated heterocycles. The van der Waals surface area contributed by atoms with Gasteiger partial charge in [-0.15, -0.1) is 0 Å². The minimum absolute atomic E-state index is 0.155. The van der Waals surface area contributed by atoms with Crippen molar-refractivity contribution in [2.75, 3.05) is 19.0 Å². The van der Waals surface area contributed by atoms with Crippen molar-refractivity contribution in [3.05, 3.63) is 47.8 Å². The summed E-state index contributed by atoms with van der Waals surface area (Å²) >= 11 is 0. The van der Waals surface area contributed by atoms with E-state index in [-0.39, 0.29) is 11.8 Å². The maximum Gasteiger partial charge on any atom is 0.422 e. The van der Waals surface area contributed by atoms with Crippen LogP contribution in [0.25, 0.3) is 0 Å². The molecule has 10 heteroatoms. The first-order chi connectivity index (χ1) is 13.7. The third-order valence-corrected chi connectivity index (χ3v) is 3.44. The summed E-state index contributed by atoms with van der Waals surface area (Å²) in [5, 5.41) is 5.60. The van der Waals surface area contributed by atoms with E-state index in [0.29, 0.717) is 23.4 Å². The molecule has 2 rings (SSSR count). The zero-order valence-corrected chi connectivity index (χ0v) is 16.3. The highest BCUT2D eigenvalue weighted by Crippen LogP contribution is 2.20. The van der Waals surface area contributed by atoms with Crippen molar-refractivity contribution < 1.29 is 27.5 Å². The molecule has 2 N–H and O–H groups in total. The van der Waals surface area contributed by atoms with Crippen molar-refractivity contribution in [3.63, 3.8) is 0 Å². The predicted octanol–water partition coefficient (Wildman–Crippen LogP) is 3.55. The van der Waals surface area contributed by atoms with Gasteiger partial charge in [-0.2, -0.15) is 13.2 Å². The molecule has 2 aromatic rings. The van der Waals surface area contributed by atoms with E-state index in [1.54, 1.807) is 32.2 Å². The van der Waals surface area contributed by atoms with Gasteiger partial charge in [-0.3, -0.25) is 4.79 Å². The second kappa shape index (κ2) is 11.6. The van der Waals surface area contributed by atoms with Crippen LogP contribution in [0.3, 0.4) is 0 Å². The smallest absolute Gasteiger partial charge is 0.422 e. The third-order valence-electron chi connectivity index (χ3n) is 3.44. The monoisotopic (exact) mass is 412 g/mol. The Balaban J connectivity index is 0.000000960. The molecule has 1 atom stereocenters. The standard InChI is InChI=1S/C16H17F3N4O2.C3H6O/c1-10(23-15(24)12-4-5-21-13(7-12)20-2)11-3-6-22-14(8-11)25-9-16(17,18)19;1-2-3-4/h3-8,10H,9H2,1-2H3,(H,20,21)(H,23,24);3H,2H2,1H3. The third kappa shape index (κ3) is 9.04. The van der Waals surface area contributed by atoms with Gasteiger partial charge in [-0.05, 0) is 30.7 Å². The number of ether oxygens (including phenoxy) is 1. The zero-order chi connectivity index (χ0) is 21.9. The van der Waals surface area contributed by atoms with Gasteiger partial charge in [-0.1, -0.05) is 6.92 Å². The number of hydrogen-bond acceptors (Lipinski definition) is 6. The number of pyridine rings is 2. The number of carbonyl (C=O) groups is 2. The van der Waals surface area contributed by atoms with Gasteiger partial charge >= 0.3 is 6.18 Å². The highest BCUT2D eigenvalue weighted by atomic mass is 19.4. The Labute approximate surface area is 166 Å². The van der Waals surface area contributed by atoms with Gasteiger partial charge in [0.2, 0.25) is 5.88 Å². The highest BCUT2D eigenvalue weighted by molar-refractivity contribution is 5.95. The van der Waals surface area contributed by atoms with E-state index in [9.17, 15) is 22.8 Å². The van der Waals surface area contributed by atoms with Crippen molar-refractivity contribution in [2.24, 2.45) is 0 Å². The lowest BCUT2D eigenvalue weighted by Gasteiger charge is -2.16. The average molecular weight is 412 g/mol. The predicted molar refractivity (Wildman–Crippen MR) is 102 cm³/mol. The molecule has 0 aromatic carbocycles. The summed E-state index contributed by atoms with van der Waals surface area (Å²) in [4.78, 5) is 29.2. The van der Waals surface area contributed by atoms with Crippen LogP contribution in [0.5, 0.6) is 5.88 Å². The maximum absolute atomic E-state index is 12.3. The van der Waals surface area contributed by atoms with E-state index in [1.165, 1.54) is 18.5 Å². The molecule has 0 spiro atoms. The van der Waals surface area contributed by atoms with Crippen LogP contribution in [0.2, 0.25) is 0 Å². The number of amides is 1. The lowest BCUT2D eigenvalue weighted by atomic mass is 10.1. The van der Waals surface area contributed by atoms with Gasteiger partial charge in [0.1, 0.15) is 12.1 Å². The first-order valence-electron chi connectivity index (χ1n) is 8.74. The Bertz CT molecular complexity index is 800. The number of aromatic nitrogens is 2. The second-order valence-corrected chi connectivity index (χ2v) is 5.78. The minimum Gasteiger partial charge on any atom is -0.468 e. The highest BCUT2D eigenvalue weighted by Gasteiger charge is 2.28. The first-order valence-corrected chi connectivity index (χ1v) is 8.74. The minimum atomic E-state index is -4.44. The Kier molecular flexibility index (Phi) is 9.57. The summed E-state index contributed by atoms with van der Waals surface area (Å²) in [5.41, 5.74) is 0.984. The van der Waals surface area contributed by atoms with Crippen LogP contribution in [-0.4, -0.2) is 42.0 Å². The van der Waals surface area contributed by atoms with Crippen LogP contribution in [0.1, 0.15) is 42.2 Å².